The number of hydrogen-bond acceptors (Lipinski definition) is 6. The number of esters is 1. The summed E-state index contributed by atoms with van der Waals surface area (Å²) >= 11 is 0. The van der Waals surface area contributed by atoms with Crippen molar-refractivity contribution in [3.05, 3.63) is 131 Å². The molecule has 1 atom stereocenters. The number of hydrazine groups is 1. The molecule has 6 heteroatoms. The first-order valence-electron chi connectivity index (χ1n) is 12.7. The lowest BCUT2D eigenvalue weighted by molar-refractivity contribution is -0.161. The van der Waals surface area contributed by atoms with Crippen LogP contribution in [0.3, 0.4) is 0 Å². The van der Waals surface area contributed by atoms with Gasteiger partial charge >= 0.3 is 5.97 Å². The monoisotopic (exact) mass is 510 g/mol. The Morgan fingerprint density at radius 1 is 0.789 bits per heavy atom. The normalized spacial score (nSPS) is 12.6. The van der Waals surface area contributed by atoms with E-state index in [9.17, 15) is 9.90 Å². The van der Waals surface area contributed by atoms with Crippen LogP contribution in [-0.4, -0.2) is 28.7 Å². The van der Waals surface area contributed by atoms with E-state index in [4.69, 9.17) is 9.47 Å². The number of benzene rings is 4. The van der Waals surface area contributed by atoms with Gasteiger partial charge in [-0.25, -0.2) is 9.80 Å². The van der Waals surface area contributed by atoms with Gasteiger partial charge in [0.25, 0.3) is 0 Å². The molecule has 0 radical (unpaired) electrons. The van der Waals surface area contributed by atoms with Gasteiger partial charge in [-0.15, -0.1) is 0 Å². The molecule has 0 aliphatic rings. The molecule has 0 aromatic heterocycles. The fourth-order valence-corrected chi connectivity index (χ4v) is 4.34. The van der Waals surface area contributed by atoms with Crippen molar-refractivity contribution in [1.29, 1.82) is 0 Å². The number of carbonyl (C=O) groups is 1. The first-order chi connectivity index (χ1) is 18.5. The second-order valence-electron chi connectivity index (χ2n) is 9.38. The van der Waals surface area contributed by atoms with Crippen LogP contribution in [0.1, 0.15) is 29.2 Å². The van der Waals surface area contributed by atoms with E-state index in [2.05, 4.69) is 5.43 Å². The molecule has 0 spiro atoms. The second kappa shape index (κ2) is 12.9. The van der Waals surface area contributed by atoms with Crippen molar-refractivity contribution in [2.75, 3.05) is 7.05 Å². The van der Waals surface area contributed by atoms with Gasteiger partial charge in [-0.3, -0.25) is 5.43 Å². The molecule has 0 saturated carbocycles. The second-order valence-corrected chi connectivity index (χ2v) is 9.38. The molecule has 0 amide bonds. The quantitative estimate of drug-likeness (QED) is 0.190. The highest BCUT2D eigenvalue weighted by molar-refractivity contribution is 5.81. The predicted octanol–water partition coefficient (Wildman–Crippen LogP) is 5.65. The minimum Gasteiger partial charge on any atom is -0.504 e. The lowest BCUT2D eigenvalue weighted by atomic mass is 9.91. The Hall–Kier alpha value is -4.13. The van der Waals surface area contributed by atoms with Crippen molar-refractivity contribution in [2.45, 2.75) is 38.6 Å². The van der Waals surface area contributed by atoms with Crippen LogP contribution in [0.5, 0.6) is 11.5 Å². The Labute approximate surface area is 224 Å². The average Bonchev–Trinajstić information content (AvgIpc) is 2.96. The summed E-state index contributed by atoms with van der Waals surface area (Å²) in [5, 5.41) is 12.3. The molecule has 0 saturated heterocycles. The van der Waals surface area contributed by atoms with Crippen LogP contribution in [0.4, 0.5) is 0 Å². The number of carbonyl (C=O) groups excluding carboxylic acids is 1. The highest BCUT2D eigenvalue weighted by atomic mass is 16.5. The average molecular weight is 511 g/mol. The van der Waals surface area contributed by atoms with Gasteiger partial charge in [0.05, 0.1) is 0 Å². The Balaban J connectivity index is 1.58. The minimum absolute atomic E-state index is 0.0489. The molecule has 196 valence electrons. The fourth-order valence-electron chi connectivity index (χ4n) is 4.34. The number of phenolic OH excluding ortho intramolecular Hbond substituents is 1. The largest absolute Gasteiger partial charge is 0.504 e. The fraction of sp³-hybridized carbons (Fsp3) is 0.219. The van der Waals surface area contributed by atoms with Crippen molar-refractivity contribution in [2.24, 2.45) is 0 Å². The highest BCUT2D eigenvalue weighted by Crippen LogP contribution is 2.31. The molecule has 0 bridgehead atoms. The minimum atomic E-state index is -1.06. The third-order valence-electron chi connectivity index (χ3n) is 6.51. The number of nitrogens with zero attached hydrogens (tertiary/aromatic N) is 1. The molecule has 4 aromatic rings. The summed E-state index contributed by atoms with van der Waals surface area (Å²) in [4.78, 5) is 13.7. The van der Waals surface area contributed by atoms with Gasteiger partial charge in [0, 0.05) is 13.0 Å². The standard InChI is InChI=1S/C32H34N2O4/c1-32(31(36)38-24-27-16-10-5-11-17-27,34(33-2)22-25-12-6-3-7-13-25)21-28-18-19-29(35)30(20-28)37-23-26-14-8-4-9-15-26/h3-20,33,35H,21-24H2,1-2H3/t32-/m0/s1. The molecular weight excluding hydrogens is 476 g/mol. The van der Waals surface area contributed by atoms with E-state index >= 15 is 0 Å². The molecule has 0 aliphatic heterocycles. The zero-order chi connectivity index (χ0) is 26.8. The van der Waals surface area contributed by atoms with E-state index in [1.807, 2.05) is 109 Å². The molecule has 2 N–H and O–H groups in total. The van der Waals surface area contributed by atoms with Gasteiger partial charge in [-0.2, -0.15) is 0 Å². The lowest BCUT2D eigenvalue weighted by Crippen LogP contribution is -2.58. The number of hydrogen-bond donors (Lipinski definition) is 2. The molecule has 4 aromatic carbocycles. The van der Waals surface area contributed by atoms with Gasteiger partial charge in [0.1, 0.15) is 18.8 Å². The number of phenols is 1. The molecule has 38 heavy (non-hydrogen) atoms. The molecule has 0 fully saturated rings. The zero-order valence-corrected chi connectivity index (χ0v) is 21.8. The number of ether oxygens (including phenoxy) is 2. The van der Waals surface area contributed by atoms with E-state index in [0.29, 0.717) is 25.3 Å². The van der Waals surface area contributed by atoms with Crippen LogP contribution >= 0.6 is 0 Å². The molecule has 0 heterocycles. The molecule has 0 unspecified atom stereocenters. The summed E-state index contributed by atoms with van der Waals surface area (Å²) < 4.78 is 11.8. The van der Waals surface area contributed by atoms with Gasteiger partial charge in [0.15, 0.2) is 11.5 Å². The van der Waals surface area contributed by atoms with Crippen LogP contribution in [0.25, 0.3) is 0 Å². The van der Waals surface area contributed by atoms with Gasteiger partial charge in [0.2, 0.25) is 0 Å². The van der Waals surface area contributed by atoms with E-state index in [-0.39, 0.29) is 18.3 Å². The topological polar surface area (TPSA) is 71.0 Å². The summed E-state index contributed by atoms with van der Waals surface area (Å²) in [6.07, 6.45) is 0.330. The third-order valence-corrected chi connectivity index (χ3v) is 6.51. The van der Waals surface area contributed by atoms with E-state index in [1.54, 1.807) is 19.2 Å². The first kappa shape index (κ1) is 26.9. The van der Waals surface area contributed by atoms with E-state index in [1.165, 1.54) is 0 Å². The Bertz CT molecular complexity index is 1300. The van der Waals surface area contributed by atoms with Crippen LogP contribution in [0.15, 0.2) is 109 Å². The summed E-state index contributed by atoms with van der Waals surface area (Å²) in [7, 11) is 1.80. The smallest absolute Gasteiger partial charge is 0.328 e. The van der Waals surface area contributed by atoms with Crippen molar-refractivity contribution >= 4 is 5.97 Å². The van der Waals surface area contributed by atoms with Gasteiger partial charge in [-0.1, -0.05) is 97.1 Å². The number of rotatable bonds is 12. The predicted molar refractivity (Wildman–Crippen MR) is 148 cm³/mol. The van der Waals surface area contributed by atoms with E-state index < -0.39 is 5.54 Å². The third kappa shape index (κ3) is 7.00. The van der Waals surface area contributed by atoms with E-state index in [0.717, 1.165) is 22.3 Å². The summed E-state index contributed by atoms with van der Waals surface area (Å²) in [6.45, 7) is 2.87. The van der Waals surface area contributed by atoms with Gasteiger partial charge < -0.3 is 14.6 Å². The van der Waals surface area contributed by atoms with Crippen molar-refractivity contribution in [3.8, 4) is 11.5 Å². The van der Waals surface area contributed by atoms with Crippen LogP contribution < -0.4 is 10.2 Å². The summed E-state index contributed by atoms with van der Waals surface area (Å²) in [6, 6.07) is 34.6. The molecular formula is C32H34N2O4. The SMILES string of the molecule is CNN(Cc1ccccc1)[C@@](C)(Cc1ccc(O)c(OCc2ccccc2)c1)C(=O)OCc1ccccc1. The summed E-state index contributed by atoms with van der Waals surface area (Å²) in [5.74, 6) is 0.0599. The van der Waals surface area contributed by atoms with Crippen molar-refractivity contribution < 1.29 is 19.4 Å². The Morgan fingerprint density at radius 2 is 1.34 bits per heavy atom. The van der Waals surface area contributed by atoms with Crippen LogP contribution in [0, 0.1) is 0 Å². The number of nitrogens with one attached hydrogen (secondary N) is 1. The summed E-state index contributed by atoms with van der Waals surface area (Å²) in [5.41, 5.74) is 5.96. The molecule has 4 rings (SSSR count). The van der Waals surface area contributed by atoms with Crippen molar-refractivity contribution in [1.82, 2.24) is 10.4 Å². The maximum atomic E-state index is 13.7. The van der Waals surface area contributed by atoms with Crippen LogP contribution in [-0.2, 0) is 35.7 Å². The Morgan fingerprint density at radius 3 is 1.92 bits per heavy atom. The van der Waals surface area contributed by atoms with Crippen LogP contribution in [0.2, 0.25) is 0 Å². The zero-order valence-electron chi connectivity index (χ0n) is 21.8. The maximum Gasteiger partial charge on any atom is 0.328 e. The number of aromatic hydroxyl groups is 1. The lowest BCUT2D eigenvalue weighted by Gasteiger charge is -2.39. The van der Waals surface area contributed by atoms with Gasteiger partial charge in [-0.05, 0) is 48.4 Å². The Kier molecular flexibility index (Phi) is 9.14. The maximum absolute atomic E-state index is 13.7. The first-order valence-corrected chi connectivity index (χ1v) is 12.7. The molecule has 6 nitrogen and oxygen atoms in total. The molecule has 0 aliphatic carbocycles. The van der Waals surface area contributed by atoms with Crippen molar-refractivity contribution in [3.63, 3.8) is 0 Å². The highest BCUT2D eigenvalue weighted by Gasteiger charge is 2.41.